The van der Waals surface area contributed by atoms with Crippen molar-refractivity contribution in [2.45, 2.75) is 65.1 Å². The molecule has 1 saturated heterocycles. The first-order chi connectivity index (χ1) is 9.62. The number of hydrogen-bond acceptors (Lipinski definition) is 3. The van der Waals surface area contributed by atoms with Crippen LogP contribution in [0.1, 0.15) is 56.2 Å². The summed E-state index contributed by atoms with van der Waals surface area (Å²) in [6.45, 7) is 7.45. The monoisotopic (exact) mass is 278 g/mol. The van der Waals surface area contributed by atoms with Crippen LogP contribution in [0.4, 0.5) is 0 Å². The number of carbonyl (C=O) groups is 1. The zero-order chi connectivity index (χ0) is 14.7. The van der Waals surface area contributed by atoms with Crippen molar-refractivity contribution in [2.75, 3.05) is 6.54 Å². The Kier molecular flexibility index (Phi) is 4.81. The molecule has 112 valence electrons. The molecule has 0 aliphatic carbocycles. The molecular formula is C15H26N4O. The molecule has 2 N–H and O–H groups in total. The molecule has 20 heavy (non-hydrogen) atoms. The molecule has 1 aliphatic heterocycles. The van der Waals surface area contributed by atoms with Gasteiger partial charge in [0.15, 0.2) is 0 Å². The lowest BCUT2D eigenvalue weighted by Gasteiger charge is -2.40. The number of nitrogens with two attached hydrogens (primary N) is 1. The average molecular weight is 278 g/mol. The normalized spacial score (nSPS) is 23.1. The van der Waals surface area contributed by atoms with Crippen molar-refractivity contribution in [1.82, 2.24) is 14.7 Å². The predicted octanol–water partition coefficient (Wildman–Crippen LogP) is 1.81. The van der Waals surface area contributed by atoms with Gasteiger partial charge in [0.05, 0.1) is 5.69 Å². The molecule has 2 unspecified atom stereocenters. The molecule has 1 aromatic rings. The molecule has 1 aromatic heterocycles. The number of amides is 1. The highest BCUT2D eigenvalue weighted by Crippen LogP contribution is 2.24. The minimum absolute atomic E-state index is 0.0849. The summed E-state index contributed by atoms with van der Waals surface area (Å²) in [7, 11) is 0. The summed E-state index contributed by atoms with van der Waals surface area (Å²) in [6.07, 6.45) is 4.07. The SMILES string of the molecule is CCc1cc(C(=O)N2C(C)CCCC2CN)n(CC)n1. The van der Waals surface area contributed by atoms with Gasteiger partial charge in [-0.25, -0.2) is 0 Å². The van der Waals surface area contributed by atoms with E-state index in [9.17, 15) is 4.79 Å². The fourth-order valence-corrected chi connectivity index (χ4v) is 3.07. The van der Waals surface area contributed by atoms with Crippen LogP contribution in [0.25, 0.3) is 0 Å². The van der Waals surface area contributed by atoms with Crippen LogP contribution < -0.4 is 5.73 Å². The quantitative estimate of drug-likeness (QED) is 0.913. The number of carbonyl (C=O) groups excluding carboxylic acids is 1. The summed E-state index contributed by atoms with van der Waals surface area (Å²) < 4.78 is 1.82. The van der Waals surface area contributed by atoms with Crippen molar-refractivity contribution in [3.8, 4) is 0 Å². The number of aromatic nitrogens is 2. The third kappa shape index (κ3) is 2.73. The van der Waals surface area contributed by atoms with Gasteiger partial charge < -0.3 is 10.6 Å². The summed E-state index contributed by atoms with van der Waals surface area (Å²) in [5.74, 6) is 0.0849. The molecule has 0 radical (unpaired) electrons. The fraction of sp³-hybridized carbons (Fsp3) is 0.733. The van der Waals surface area contributed by atoms with Crippen LogP contribution in [0.3, 0.4) is 0 Å². The molecule has 0 bridgehead atoms. The van der Waals surface area contributed by atoms with E-state index < -0.39 is 0 Å². The molecule has 2 heterocycles. The van der Waals surface area contributed by atoms with E-state index in [-0.39, 0.29) is 18.0 Å². The molecule has 0 aromatic carbocycles. The summed E-state index contributed by atoms with van der Waals surface area (Å²) in [5.41, 5.74) is 7.54. The maximum absolute atomic E-state index is 12.9. The third-order valence-corrected chi connectivity index (χ3v) is 4.25. The second-order valence-electron chi connectivity index (χ2n) is 5.57. The van der Waals surface area contributed by atoms with Gasteiger partial charge in [-0.1, -0.05) is 6.92 Å². The molecule has 5 nitrogen and oxygen atoms in total. The van der Waals surface area contributed by atoms with Gasteiger partial charge in [-0.05, 0) is 45.6 Å². The summed E-state index contributed by atoms with van der Waals surface area (Å²) in [5, 5.41) is 4.48. The lowest BCUT2D eigenvalue weighted by Crippen LogP contribution is -2.52. The van der Waals surface area contributed by atoms with Crippen molar-refractivity contribution < 1.29 is 4.79 Å². The van der Waals surface area contributed by atoms with E-state index in [0.717, 1.165) is 37.9 Å². The highest BCUT2D eigenvalue weighted by molar-refractivity contribution is 5.93. The van der Waals surface area contributed by atoms with Gasteiger partial charge in [-0.3, -0.25) is 9.48 Å². The predicted molar refractivity (Wildman–Crippen MR) is 79.6 cm³/mol. The minimum Gasteiger partial charge on any atom is -0.330 e. The highest BCUT2D eigenvalue weighted by Gasteiger charge is 2.33. The summed E-state index contributed by atoms with van der Waals surface area (Å²) in [6, 6.07) is 2.35. The smallest absolute Gasteiger partial charge is 0.272 e. The zero-order valence-corrected chi connectivity index (χ0v) is 12.8. The van der Waals surface area contributed by atoms with Crippen molar-refractivity contribution in [2.24, 2.45) is 5.73 Å². The Labute approximate surface area is 121 Å². The van der Waals surface area contributed by atoms with Crippen LogP contribution in [-0.2, 0) is 13.0 Å². The number of aryl methyl sites for hydroxylation is 2. The van der Waals surface area contributed by atoms with Crippen molar-refractivity contribution in [3.63, 3.8) is 0 Å². The lowest BCUT2D eigenvalue weighted by molar-refractivity contribution is 0.0481. The average Bonchev–Trinajstić information content (AvgIpc) is 2.89. The zero-order valence-electron chi connectivity index (χ0n) is 12.8. The number of likely N-dealkylation sites (tertiary alicyclic amines) is 1. The van der Waals surface area contributed by atoms with Crippen molar-refractivity contribution in [1.29, 1.82) is 0 Å². The van der Waals surface area contributed by atoms with E-state index in [4.69, 9.17) is 5.73 Å². The van der Waals surface area contributed by atoms with Gasteiger partial charge in [0.2, 0.25) is 0 Å². The largest absolute Gasteiger partial charge is 0.330 e. The highest BCUT2D eigenvalue weighted by atomic mass is 16.2. The van der Waals surface area contributed by atoms with Crippen LogP contribution >= 0.6 is 0 Å². The molecule has 2 atom stereocenters. The molecule has 1 amide bonds. The van der Waals surface area contributed by atoms with Gasteiger partial charge in [-0.2, -0.15) is 5.10 Å². The Morgan fingerprint density at radius 1 is 1.45 bits per heavy atom. The molecule has 1 fully saturated rings. The number of hydrogen-bond donors (Lipinski definition) is 1. The third-order valence-electron chi connectivity index (χ3n) is 4.25. The standard InChI is InChI=1S/C15H26N4O/c1-4-12-9-14(18(5-2)17-12)15(20)19-11(3)7-6-8-13(19)10-16/h9,11,13H,4-8,10,16H2,1-3H3. The first-order valence-electron chi connectivity index (χ1n) is 7.71. The Morgan fingerprint density at radius 2 is 2.20 bits per heavy atom. The topological polar surface area (TPSA) is 64.2 Å². The van der Waals surface area contributed by atoms with Gasteiger partial charge in [-0.15, -0.1) is 0 Å². The van der Waals surface area contributed by atoms with Gasteiger partial charge >= 0.3 is 0 Å². The summed E-state index contributed by atoms with van der Waals surface area (Å²) in [4.78, 5) is 14.9. The first-order valence-corrected chi connectivity index (χ1v) is 7.71. The second kappa shape index (κ2) is 6.39. The van der Waals surface area contributed by atoms with Crippen LogP contribution in [-0.4, -0.2) is 39.2 Å². The van der Waals surface area contributed by atoms with Crippen molar-refractivity contribution >= 4 is 5.91 Å². The lowest BCUT2D eigenvalue weighted by atomic mass is 9.96. The van der Waals surface area contributed by atoms with E-state index in [0.29, 0.717) is 12.2 Å². The Balaban J connectivity index is 2.30. The number of nitrogens with zero attached hydrogens (tertiary/aromatic N) is 3. The number of piperidine rings is 1. The van der Waals surface area contributed by atoms with E-state index in [1.54, 1.807) is 0 Å². The van der Waals surface area contributed by atoms with Gasteiger partial charge in [0.25, 0.3) is 5.91 Å². The fourth-order valence-electron chi connectivity index (χ4n) is 3.07. The molecule has 1 aliphatic rings. The van der Waals surface area contributed by atoms with Gasteiger partial charge in [0.1, 0.15) is 5.69 Å². The van der Waals surface area contributed by atoms with Crippen LogP contribution in [0.2, 0.25) is 0 Å². The Bertz CT molecular complexity index is 468. The molecule has 5 heteroatoms. The Hall–Kier alpha value is -1.36. The summed E-state index contributed by atoms with van der Waals surface area (Å²) >= 11 is 0. The van der Waals surface area contributed by atoms with Crippen molar-refractivity contribution in [3.05, 3.63) is 17.5 Å². The van der Waals surface area contributed by atoms with E-state index in [1.165, 1.54) is 0 Å². The molecule has 0 spiro atoms. The van der Waals surface area contributed by atoms with Gasteiger partial charge in [0, 0.05) is 25.2 Å². The molecule has 0 saturated carbocycles. The molecule has 2 rings (SSSR count). The Morgan fingerprint density at radius 3 is 2.80 bits per heavy atom. The molecular weight excluding hydrogens is 252 g/mol. The van der Waals surface area contributed by atoms with Crippen LogP contribution in [0, 0.1) is 0 Å². The van der Waals surface area contributed by atoms with E-state index in [2.05, 4.69) is 18.9 Å². The second-order valence-corrected chi connectivity index (χ2v) is 5.57. The first kappa shape index (κ1) is 15.0. The maximum atomic E-state index is 12.9. The van der Waals surface area contributed by atoms with E-state index in [1.807, 2.05) is 22.6 Å². The van der Waals surface area contributed by atoms with Crippen LogP contribution in [0.15, 0.2) is 6.07 Å². The maximum Gasteiger partial charge on any atom is 0.272 e. The van der Waals surface area contributed by atoms with Crippen LogP contribution in [0.5, 0.6) is 0 Å². The number of rotatable bonds is 4. The minimum atomic E-state index is 0.0849. The van der Waals surface area contributed by atoms with E-state index >= 15 is 0 Å².